The van der Waals surface area contributed by atoms with Crippen molar-refractivity contribution >= 4 is 17.6 Å². The Hall–Kier alpha value is -1.26. The van der Waals surface area contributed by atoms with E-state index in [-0.39, 0.29) is 12.5 Å². The van der Waals surface area contributed by atoms with Gasteiger partial charge in [-0.05, 0) is 31.0 Å². The van der Waals surface area contributed by atoms with E-state index < -0.39 is 5.97 Å². The van der Waals surface area contributed by atoms with Gasteiger partial charge in [-0.25, -0.2) is 0 Å². The van der Waals surface area contributed by atoms with Gasteiger partial charge in [0.05, 0.1) is 7.11 Å². The average molecular weight is 272 g/mol. The van der Waals surface area contributed by atoms with Gasteiger partial charge in [0.25, 0.3) is 0 Å². The first kappa shape index (κ1) is 14.8. The molecule has 4 nitrogen and oxygen atoms in total. The van der Waals surface area contributed by atoms with Gasteiger partial charge >= 0.3 is 5.97 Å². The summed E-state index contributed by atoms with van der Waals surface area (Å²) in [7, 11) is 1.59. The minimum absolute atomic E-state index is 0.180. The summed E-state index contributed by atoms with van der Waals surface area (Å²) < 4.78 is 5.23. The molecule has 0 aliphatic heterocycles. The normalized spacial score (nSPS) is 12.2. The molecule has 0 radical (unpaired) electrons. The van der Waals surface area contributed by atoms with Crippen LogP contribution >= 0.6 is 11.6 Å². The molecule has 0 aliphatic carbocycles. The number of unbranched alkanes of at least 4 members (excludes halogenated alkanes) is 1. The highest BCUT2D eigenvalue weighted by molar-refractivity contribution is 6.30. The number of rotatable bonds is 7. The van der Waals surface area contributed by atoms with E-state index in [1.807, 2.05) is 0 Å². The standard InChI is InChI=1S/C13H18ClNO3/c1-18-12-7-6-9(14)8-10(12)11(15)4-2-3-5-13(16)17/h6-8,11H,2-5,15H2,1H3,(H,16,17). The van der Waals surface area contributed by atoms with Gasteiger partial charge in [-0.2, -0.15) is 0 Å². The number of benzene rings is 1. The second-order valence-electron chi connectivity index (χ2n) is 4.13. The predicted octanol–water partition coefficient (Wildman–Crippen LogP) is 2.99. The van der Waals surface area contributed by atoms with Crippen LogP contribution in [0.25, 0.3) is 0 Å². The van der Waals surface area contributed by atoms with Gasteiger partial charge in [-0.15, -0.1) is 0 Å². The quantitative estimate of drug-likeness (QED) is 0.748. The molecule has 1 unspecified atom stereocenters. The smallest absolute Gasteiger partial charge is 0.303 e. The third-order valence-corrected chi connectivity index (χ3v) is 2.98. The van der Waals surface area contributed by atoms with E-state index in [0.29, 0.717) is 23.6 Å². The Kier molecular flexibility index (Phi) is 5.95. The Morgan fingerprint density at radius 1 is 1.50 bits per heavy atom. The number of aliphatic carboxylic acids is 1. The number of hydrogen-bond donors (Lipinski definition) is 2. The minimum atomic E-state index is -0.774. The summed E-state index contributed by atoms with van der Waals surface area (Å²) in [4.78, 5) is 10.4. The summed E-state index contributed by atoms with van der Waals surface area (Å²) in [5.74, 6) is -0.0611. The third-order valence-electron chi connectivity index (χ3n) is 2.75. The second-order valence-corrected chi connectivity index (χ2v) is 4.57. The number of carboxylic acid groups (broad SMARTS) is 1. The molecule has 0 fully saturated rings. The van der Waals surface area contributed by atoms with Gasteiger partial charge in [0.1, 0.15) is 5.75 Å². The highest BCUT2D eigenvalue weighted by Crippen LogP contribution is 2.29. The fourth-order valence-corrected chi connectivity index (χ4v) is 1.97. The van der Waals surface area contributed by atoms with Crippen LogP contribution in [0.5, 0.6) is 5.75 Å². The summed E-state index contributed by atoms with van der Waals surface area (Å²) in [6.45, 7) is 0. The van der Waals surface area contributed by atoms with Gasteiger partial charge in [0, 0.05) is 23.0 Å². The summed E-state index contributed by atoms with van der Waals surface area (Å²) in [5.41, 5.74) is 6.93. The topological polar surface area (TPSA) is 72.5 Å². The third kappa shape index (κ3) is 4.55. The lowest BCUT2D eigenvalue weighted by atomic mass is 10.0. The molecule has 0 amide bonds. The van der Waals surface area contributed by atoms with Crippen molar-refractivity contribution in [3.8, 4) is 5.75 Å². The Bertz CT molecular complexity index is 409. The molecule has 1 aromatic carbocycles. The molecular formula is C13H18ClNO3. The molecule has 0 heterocycles. The van der Waals surface area contributed by atoms with Crippen molar-refractivity contribution in [2.24, 2.45) is 5.73 Å². The Labute approximate surface area is 112 Å². The van der Waals surface area contributed by atoms with E-state index in [0.717, 1.165) is 12.0 Å². The first-order valence-corrected chi connectivity index (χ1v) is 6.23. The number of ether oxygens (including phenoxy) is 1. The van der Waals surface area contributed by atoms with Gasteiger partial charge in [0.2, 0.25) is 0 Å². The van der Waals surface area contributed by atoms with Crippen molar-refractivity contribution in [2.75, 3.05) is 7.11 Å². The maximum Gasteiger partial charge on any atom is 0.303 e. The molecule has 1 atom stereocenters. The van der Waals surface area contributed by atoms with Crippen LogP contribution in [0.15, 0.2) is 18.2 Å². The SMILES string of the molecule is COc1ccc(Cl)cc1C(N)CCCCC(=O)O. The first-order chi connectivity index (χ1) is 8.54. The zero-order valence-corrected chi connectivity index (χ0v) is 11.1. The van der Waals surface area contributed by atoms with Crippen LogP contribution in [0.1, 0.15) is 37.3 Å². The molecule has 0 saturated carbocycles. The van der Waals surface area contributed by atoms with E-state index in [4.69, 9.17) is 27.2 Å². The highest BCUT2D eigenvalue weighted by Gasteiger charge is 2.12. The highest BCUT2D eigenvalue weighted by atomic mass is 35.5. The molecule has 0 saturated heterocycles. The number of nitrogens with two attached hydrogens (primary N) is 1. The van der Waals surface area contributed by atoms with Crippen molar-refractivity contribution in [1.82, 2.24) is 0 Å². The van der Waals surface area contributed by atoms with Crippen molar-refractivity contribution in [3.05, 3.63) is 28.8 Å². The number of hydrogen-bond acceptors (Lipinski definition) is 3. The van der Waals surface area contributed by atoms with E-state index in [1.54, 1.807) is 25.3 Å². The molecule has 18 heavy (non-hydrogen) atoms. The fraction of sp³-hybridized carbons (Fsp3) is 0.462. The van der Waals surface area contributed by atoms with Crippen LogP contribution in [0.2, 0.25) is 5.02 Å². The fourth-order valence-electron chi connectivity index (χ4n) is 1.79. The molecule has 1 rings (SSSR count). The molecule has 0 aromatic heterocycles. The first-order valence-electron chi connectivity index (χ1n) is 5.85. The Balaban J connectivity index is 2.57. The van der Waals surface area contributed by atoms with Crippen LogP contribution in [0, 0.1) is 0 Å². The van der Waals surface area contributed by atoms with Gasteiger partial charge in [-0.3, -0.25) is 4.79 Å². The van der Waals surface area contributed by atoms with Crippen LogP contribution in [0.4, 0.5) is 0 Å². The van der Waals surface area contributed by atoms with E-state index in [2.05, 4.69) is 0 Å². The summed E-state index contributed by atoms with van der Waals surface area (Å²) in [5, 5.41) is 9.16. The van der Waals surface area contributed by atoms with Gasteiger partial charge < -0.3 is 15.6 Å². The molecule has 5 heteroatoms. The van der Waals surface area contributed by atoms with Crippen molar-refractivity contribution in [2.45, 2.75) is 31.7 Å². The lowest BCUT2D eigenvalue weighted by Crippen LogP contribution is -2.11. The van der Waals surface area contributed by atoms with Crippen LogP contribution < -0.4 is 10.5 Å². The van der Waals surface area contributed by atoms with E-state index in [1.165, 1.54) is 0 Å². The van der Waals surface area contributed by atoms with Crippen molar-refractivity contribution in [1.29, 1.82) is 0 Å². The summed E-state index contributed by atoms with van der Waals surface area (Å²) in [6.07, 6.45) is 2.29. The van der Waals surface area contributed by atoms with Crippen LogP contribution in [0.3, 0.4) is 0 Å². The molecule has 0 aliphatic rings. The lowest BCUT2D eigenvalue weighted by Gasteiger charge is -2.15. The predicted molar refractivity (Wildman–Crippen MR) is 71.0 cm³/mol. The maximum atomic E-state index is 10.4. The lowest BCUT2D eigenvalue weighted by molar-refractivity contribution is -0.137. The van der Waals surface area contributed by atoms with Gasteiger partial charge in [-0.1, -0.05) is 18.0 Å². The van der Waals surface area contributed by atoms with E-state index >= 15 is 0 Å². The number of carbonyl (C=O) groups is 1. The molecular weight excluding hydrogens is 254 g/mol. The zero-order chi connectivity index (χ0) is 13.5. The largest absolute Gasteiger partial charge is 0.496 e. The summed E-state index contributed by atoms with van der Waals surface area (Å²) in [6, 6.07) is 5.14. The Morgan fingerprint density at radius 3 is 2.83 bits per heavy atom. The molecule has 100 valence electrons. The zero-order valence-electron chi connectivity index (χ0n) is 10.4. The van der Waals surface area contributed by atoms with Crippen LogP contribution in [-0.4, -0.2) is 18.2 Å². The molecule has 0 bridgehead atoms. The van der Waals surface area contributed by atoms with Gasteiger partial charge in [0.15, 0.2) is 0 Å². The monoisotopic (exact) mass is 271 g/mol. The van der Waals surface area contributed by atoms with Crippen molar-refractivity contribution in [3.63, 3.8) is 0 Å². The second kappa shape index (κ2) is 7.24. The number of carboxylic acids is 1. The molecule has 3 N–H and O–H groups in total. The van der Waals surface area contributed by atoms with E-state index in [9.17, 15) is 4.79 Å². The van der Waals surface area contributed by atoms with Crippen LogP contribution in [-0.2, 0) is 4.79 Å². The number of methoxy groups -OCH3 is 1. The summed E-state index contributed by atoms with van der Waals surface area (Å²) >= 11 is 5.93. The molecule has 0 spiro atoms. The maximum absolute atomic E-state index is 10.4. The minimum Gasteiger partial charge on any atom is -0.496 e. The molecule has 1 aromatic rings. The Morgan fingerprint density at radius 2 is 2.22 bits per heavy atom. The van der Waals surface area contributed by atoms with Crippen molar-refractivity contribution < 1.29 is 14.6 Å². The number of halogens is 1. The average Bonchev–Trinajstić information content (AvgIpc) is 2.34.